The minimum atomic E-state index is -0.223. The highest BCUT2D eigenvalue weighted by Gasteiger charge is 2.26. The lowest BCUT2D eigenvalue weighted by molar-refractivity contribution is -0.145. The van der Waals surface area contributed by atoms with Gasteiger partial charge in [0.1, 0.15) is 0 Å². The third kappa shape index (κ3) is 1.91. The summed E-state index contributed by atoms with van der Waals surface area (Å²) in [7, 11) is 1.38. The zero-order valence-electron chi connectivity index (χ0n) is 8.45. The van der Waals surface area contributed by atoms with Crippen molar-refractivity contribution in [2.75, 3.05) is 7.11 Å². The molecule has 1 N–H and O–H groups in total. The van der Waals surface area contributed by atoms with Crippen molar-refractivity contribution in [1.82, 2.24) is 10.2 Å². The summed E-state index contributed by atoms with van der Waals surface area (Å²) in [5.74, 6) is -0.341. The van der Waals surface area contributed by atoms with Crippen LogP contribution in [0.1, 0.15) is 17.7 Å². The van der Waals surface area contributed by atoms with Crippen LogP contribution in [0.2, 0.25) is 0 Å². The molecular formula is C10H12N2O3. The molecule has 1 aromatic heterocycles. The molecule has 0 saturated carbocycles. The Labute approximate surface area is 86.5 Å². The summed E-state index contributed by atoms with van der Waals surface area (Å²) >= 11 is 0. The lowest BCUT2D eigenvalue weighted by Crippen LogP contribution is -2.26. The van der Waals surface area contributed by atoms with Gasteiger partial charge in [0.25, 0.3) is 5.56 Å². The van der Waals surface area contributed by atoms with Gasteiger partial charge < -0.3 is 4.74 Å². The van der Waals surface area contributed by atoms with E-state index in [9.17, 15) is 9.59 Å². The molecule has 1 aliphatic rings. The van der Waals surface area contributed by atoms with Crippen LogP contribution in [0, 0.1) is 5.92 Å². The van der Waals surface area contributed by atoms with E-state index < -0.39 is 0 Å². The van der Waals surface area contributed by atoms with Gasteiger partial charge in [0.2, 0.25) is 0 Å². The van der Waals surface area contributed by atoms with E-state index in [4.69, 9.17) is 0 Å². The van der Waals surface area contributed by atoms with Gasteiger partial charge in [0, 0.05) is 6.07 Å². The highest BCUT2D eigenvalue weighted by Crippen LogP contribution is 2.23. The van der Waals surface area contributed by atoms with E-state index in [0.29, 0.717) is 12.8 Å². The van der Waals surface area contributed by atoms with E-state index in [1.165, 1.54) is 13.2 Å². The molecule has 5 nitrogen and oxygen atoms in total. The number of nitrogens with one attached hydrogen (secondary N) is 1. The molecule has 80 valence electrons. The zero-order valence-corrected chi connectivity index (χ0v) is 8.45. The van der Waals surface area contributed by atoms with E-state index in [1.807, 2.05) is 0 Å². The summed E-state index contributed by atoms with van der Waals surface area (Å²) in [6.07, 6.45) is 2.00. The first-order valence-electron chi connectivity index (χ1n) is 4.86. The molecule has 15 heavy (non-hydrogen) atoms. The number of nitrogens with zero attached hydrogens (tertiary/aromatic N) is 1. The lowest BCUT2D eigenvalue weighted by Gasteiger charge is -2.20. The first kappa shape index (κ1) is 9.89. The van der Waals surface area contributed by atoms with E-state index in [2.05, 4.69) is 14.9 Å². The fraction of sp³-hybridized carbons (Fsp3) is 0.500. The van der Waals surface area contributed by atoms with Crippen molar-refractivity contribution in [3.8, 4) is 0 Å². The Hall–Kier alpha value is -1.65. The number of aromatic nitrogens is 2. The Kier molecular flexibility index (Phi) is 2.53. The van der Waals surface area contributed by atoms with Gasteiger partial charge in [0.15, 0.2) is 0 Å². The molecule has 0 aromatic carbocycles. The number of rotatable bonds is 1. The van der Waals surface area contributed by atoms with E-state index in [-0.39, 0.29) is 17.4 Å². The van der Waals surface area contributed by atoms with Crippen molar-refractivity contribution in [2.24, 2.45) is 5.92 Å². The number of hydrogen-bond acceptors (Lipinski definition) is 4. The van der Waals surface area contributed by atoms with Crippen LogP contribution >= 0.6 is 0 Å². The molecule has 0 amide bonds. The number of fused-ring (bicyclic) bond motifs is 1. The maximum Gasteiger partial charge on any atom is 0.309 e. The average molecular weight is 208 g/mol. The van der Waals surface area contributed by atoms with E-state index >= 15 is 0 Å². The van der Waals surface area contributed by atoms with Gasteiger partial charge in [-0.25, -0.2) is 5.10 Å². The van der Waals surface area contributed by atoms with Gasteiger partial charge in [0.05, 0.1) is 18.7 Å². The smallest absolute Gasteiger partial charge is 0.309 e. The number of aryl methyl sites for hydroxylation is 1. The Morgan fingerprint density at radius 1 is 1.67 bits per heavy atom. The first-order valence-corrected chi connectivity index (χ1v) is 4.86. The molecule has 0 aliphatic heterocycles. The number of methoxy groups -OCH3 is 1. The van der Waals surface area contributed by atoms with Crippen LogP contribution in [-0.4, -0.2) is 23.3 Å². The predicted octanol–water partition coefficient (Wildman–Crippen LogP) is 0.0478. The number of hydrogen-bond donors (Lipinski definition) is 1. The molecular weight excluding hydrogens is 196 g/mol. The predicted molar refractivity (Wildman–Crippen MR) is 52.4 cm³/mol. The number of carbonyl (C=O) groups excluding carboxylic acids is 1. The number of carbonyl (C=O) groups is 1. The zero-order chi connectivity index (χ0) is 10.8. The fourth-order valence-electron chi connectivity index (χ4n) is 1.91. The number of aromatic amines is 1. The van der Waals surface area contributed by atoms with Gasteiger partial charge in [-0.1, -0.05) is 0 Å². The molecule has 5 heteroatoms. The van der Waals surface area contributed by atoms with Crippen LogP contribution in [0.5, 0.6) is 0 Å². The van der Waals surface area contributed by atoms with Gasteiger partial charge in [-0.05, 0) is 24.8 Å². The minimum absolute atomic E-state index is 0.133. The second kappa shape index (κ2) is 3.84. The molecule has 0 bridgehead atoms. The summed E-state index contributed by atoms with van der Waals surface area (Å²) < 4.78 is 4.69. The Morgan fingerprint density at radius 3 is 3.20 bits per heavy atom. The molecule has 1 heterocycles. The second-order valence-electron chi connectivity index (χ2n) is 3.67. The van der Waals surface area contributed by atoms with Crippen molar-refractivity contribution in [3.63, 3.8) is 0 Å². The number of H-pyrrole nitrogens is 1. The molecule has 0 unspecified atom stereocenters. The quantitative estimate of drug-likeness (QED) is 0.662. The van der Waals surface area contributed by atoms with Gasteiger partial charge >= 0.3 is 5.97 Å². The summed E-state index contributed by atoms with van der Waals surface area (Å²) in [6, 6.07) is 1.51. The van der Waals surface area contributed by atoms with Crippen LogP contribution < -0.4 is 5.56 Å². The van der Waals surface area contributed by atoms with Crippen molar-refractivity contribution in [3.05, 3.63) is 27.7 Å². The third-order valence-electron chi connectivity index (χ3n) is 2.71. The molecule has 0 fully saturated rings. The molecule has 0 saturated heterocycles. The normalized spacial score (nSPS) is 19.4. The lowest BCUT2D eigenvalue weighted by atomic mass is 9.87. The van der Waals surface area contributed by atoms with Gasteiger partial charge in [-0.3, -0.25) is 9.59 Å². The summed E-state index contributed by atoms with van der Waals surface area (Å²) in [5.41, 5.74) is 1.52. The standard InChI is InChI=1S/C10H12N2O3/c1-15-10(14)6-2-3-8-7(4-6)5-9(13)12-11-8/h5-6H,2-4H2,1H3,(H,12,13)/t6-/m1/s1. The highest BCUT2D eigenvalue weighted by atomic mass is 16.5. The van der Waals surface area contributed by atoms with Crippen molar-refractivity contribution in [1.29, 1.82) is 0 Å². The Balaban J connectivity index is 2.25. The number of esters is 1. The third-order valence-corrected chi connectivity index (χ3v) is 2.71. The number of ether oxygens (including phenoxy) is 1. The summed E-state index contributed by atoms with van der Waals surface area (Å²) in [6.45, 7) is 0. The van der Waals surface area contributed by atoms with Crippen molar-refractivity contribution in [2.45, 2.75) is 19.3 Å². The SMILES string of the molecule is COC(=O)[C@@H]1CCc2n[nH]c(=O)cc2C1. The van der Waals surface area contributed by atoms with Crippen molar-refractivity contribution >= 4 is 5.97 Å². The monoisotopic (exact) mass is 208 g/mol. The average Bonchev–Trinajstić information content (AvgIpc) is 2.27. The molecule has 0 radical (unpaired) electrons. The van der Waals surface area contributed by atoms with Crippen LogP contribution in [0.25, 0.3) is 0 Å². The highest BCUT2D eigenvalue weighted by molar-refractivity contribution is 5.73. The summed E-state index contributed by atoms with van der Waals surface area (Å²) in [4.78, 5) is 22.4. The molecule has 1 atom stereocenters. The van der Waals surface area contributed by atoms with Gasteiger partial charge in [-0.15, -0.1) is 0 Å². The van der Waals surface area contributed by atoms with Crippen molar-refractivity contribution < 1.29 is 9.53 Å². The van der Waals surface area contributed by atoms with Crippen LogP contribution in [0.4, 0.5) is 0 Å². The topological polar surface area (TPSA) is 72.0 Å². The second-order valence-corrected chi connectivity index (χ2v) is 3.67. The summed E-state index contributed by atoms with van der Waals surface area (Å²) in [5, 5.41) is 6.34. The Morgan fingerprint density at radius 2 is 2.47 bits per heavy atom. The fourth-order valence-corrected chi connectivity index (χ4v) is 1.91. The minimum Gasteiger partial charge on any atom is -0.469 e. The molecule has 1 aliphatic carbocycles. The van der Waals surface area contributed by atoms with Crippen LogP contribution in [0.15, 0.2) is 10.9 Å². The van der Waals surface area contributed by atoms with E-state index in [0.717, 1.165) is 17.7 Å². The Bertz CT molecular complexity index is 439. The van der Waals surface area contributed by atoms with Gasteiger partial charge in [-0.2, -0.15) is 5.10 Å². The molecule has 1 aromatic rings. The molecule has 0 spiro atoms. The first-order chi connectivity index (χ1) is 7.20. The van der Waals surface area contributed by atoms with Crippen LogP contribution in [0.3, 0.4) is 0 Å². The molecule has 2 rings (SSSR count). The maximum atomic E-state index is 11.3. The van der Waals surface area contributed by atoms with Crippen LogP contribution in [-0.2, 0) is 22.4 Å². The van der Waals surface area contributed by atoms with E-state index in [1.54, 1.807) is 0 Å². The largest absolute Gasteiger partial charge is 0.469 e. The maximum absolute atomic E-state index is 11.3.